The Morgan fingerprint density at radius 3 is 2.67 bits per heavy atom. The predicted molar refractivity (Wildman–Crippen MR) is 58.4 cm³/mol. The van der Waals surface area contributed by atoms with E-state index in [2.05, 4.69) is 0 Å². The number of aliphatic hydroxyl groups is 1. The van der Waals surface area contributed by atoms with E-state index in [0.717, 1.165) is 0 Å². The van der Waals surface area contributed by atoms with E-state index in [9.17, 15) is 5.11 Å². The first kappa shape index (κ1) is 12.1. The smallest absolute Gasteiger partial charge is 0.144 e. The first-order valence-electron chi connectivity index (χ1n) is 4.45. The lowest BCUT2D eigenvalue weighted by Crippen LogP contribution is -2.15. The Kier molecular flexibility index (Phi) is 3.79. The average molecular weight is 232 g/mol. The zero-order valence-corrected chi connectivity index (χ0v) is 9.38. The molecule has 0 aromatic heterocycles. The van der Waals surface area contributed by atoms with Gasteiger partial charge in [-0.2, -0.15) is 0 Å². The van der Waals surface area contributed by atoms with Gasteiger partial charge in [0.2, 0.25) is 0 Å². The third-order valence-electron chi connectivity index (χ3n) is 2.27. The minimum Gasteiger partial charge on any atom is -0.507 e. The fraction of sp³-hybridized carbons (Fsp3) is 0.400. The number of methoxy groups -OCH3 is 1. The Morgan fingerprint density at radius 1 is 1.60 bits per heavy atom. The summed E-state index contributed by atoms with van der Waals surface area (Å²) in [4.78, 5) is 0. The van der Waals surface area contributed by atoms with Crippen LogP contribution in [0.2, 0.25) is 5.02 Å². The van der Waals surface area contributed by atoms with Gasteiger partial charge >= 0.3 is 0 Å². The summed E-state index contributed by atoms with van der Waals surface area (Å²) >= 11 is 5.93. The summed E-state index contributed by atoms with van der Waals surface area (Å²) in [6.45, 7) is 1.42. The fourth-order valence-corrected chi connectivity index (χ4v) is 1.74. The van der Waals surface area contributed by atoms with E-state index in [0.29, 0.717) is 21.9 Å². The number of rotatable bonds is 3. The zero-order valence-electron chi connectivity index (χ0n) is 8.62. The van der Waals surface area contributed by atoms with Gasteiger partial charge < -0.3 is 20.7 Å². The van der Waals surface area contributed by atoms with E-state index in [4.69, 9.17) is 27.2 Å². The number of halogens is 1. The Morgan fingerprint density at radius 2 is 2.20 bits per heavy atom. The van der Waals surface area contributed by atoms with Gasteiger partial charge in [0, 0.05) is 11.1 Å². The van der Waals surface area contributed by atoms with Crippen molar-refractivity contribution in [2.45, 2.75) is 13.0 Å². The summed E-state index contributed by atoms with van der Waals surface area (Å²) in [6, 6.07) is 0.857. The summed E-state index contributed by atoms with van der Waals surface area (Å²) in [5.74, 6) is 0.431. The van der Waals surface area contributed by atoms with Crippen LogP contribution in [0.25, 0.3) is 0 Å². The molecule has 0 saturated carbocycles. The number of aliphatic hydroxyl groups excluding tert-OH is 1. The molecule has 0 saturated heterocycles. The van der Waals surface area contributed by atoms with Crippen molar-refractivity contribution in [2.75, 3.05) is 13.7 Å². The van der Waals surface area contributed by atoms with Crippen LogP contribution < -0.4 is 10.5 Å². The summed E-state index contributed by atoms with van der Waals surface area (Å²) < 4.78 is 5.03. The van der Waals surface area contributed by atoms with Crippen LogP contribution in [-0.2, 0) is 0 Å². The van der Waals surface area contributed by atoms with Gasteiger partial charge in [-0.15, -0.1) is 0 Å². The summed E-state index contributed by atoms with van der Waals surface area (Å²) in [7, 11) is 1.47. The second-order valence-corrected chi connectivity index (χ2v) is 3.65. The Balaban J connectivity index is 3.33. The van der Waals surface area contributed by atoms with Crippen molar-refractivity contribution in [2.24, 2.45) is 5.73 Å². The monoisotopic (exact) mass is 231 g/mol. The fourth-order valence-electron chi connectivity index (χ4n) is 1.41. The Bertz CT molecular complexity index is 368. The SMILES string of the molecule is COc1c(Cl)cc(C(N)CO)c(O)c1C. The molecule has 1 atom stereocenters. The highest BCUT2D eigenvalue weighted by Gasteiger charge is 2.17. The molecule has 0 fully saturated rings. The van der Waals surface area contributed by atoms with Gasteiger partial charge in [0.25, 0.3) is 0 Å². The Hall–Kier alpha value is -0.970. The van der Waals surface area contributed by atoms with Gasteiger partial charge in [-0.25, -0.2) is 0 Å². The summed E-state index contributed by atoms with van der Waals surface area (Å²) in [6.07, 6.45) is 0. The zero-order chi connectivity index (χ0) is 11.6. The van der Waals surface area contributed by atoms with E-state index < -0.39 is 6.04 Å². The molecule has 0 heterocycles. The molecular formula is C10H14ClNO3. The second-order valence-electron chi connectivity index (χ2n) is 3.24. The van der Waals surface area contributed by atoms with Crippen LogP contribution in [0.15, 0.2) is 6.07 Å². The molecule has 0 radical (unpaired) electrons. The number of aromatic hydroxyl groups is 1. The van der Waals surface area contributed by atoms with Crippen molar-refractivity contribution < 1.29 is 14.9 Å². The highest BCUT2D eigenvalue weighted by molar-refractivity contribution is 6.32. The molecule has 1 aromatic carbocycles. The molecule has 4 nitrogen and oxygen atoms in total. The van der Waals surface area contributed by atoms with E-state index in [-0.39, 0.29) is 12.4 Å². The van der Waals surface area contributed by atoms with Gasteiger partial charge in [-0.1, -0.05) is 11.6 Å². The van der Waals surface area contributed by atoms with Crippen molar-refractivity contribution in [3.05, 3.63) is 22.2 Å². The van der Waals surface area contributed by atoms with Crippen molar-refractivity contribution in [3.63, 3.8) is 0 Å². The van der Waals surface area contributed by atoms with Crippen LogP contribution in [0.4, 0.5) is 0 Å². The lowest BCUT2D eigenvalue weighted by molar-refractivity contribution is 0.265. The number of benzene rings is 1. The van der Waals surface area contributed by atoms with Crippen molar-refractivity contribution in [1.29, 1.82) is 0 Å². The normalized spacial score (nSPS) is 12.6. The number of hydrogen-bond acceptors (Lipinski definition) is 4. The first-order valence-corrected chi connectivity index (χ1v) is 4.83. The number of nitrogens with two attached hydrogens (primary N) is 1. The molecule has 0 bridgehead atoms. The lowest BCUT2D eigenvalue weighted by atomic mass is 10.0. The number of phenols is 1. The first-order chi connectivity index (χ1) is 7.02. The van der Waals surface area contributed by atoms with Crippen molar-refractivity contribution in [3.8, 4) is 11.5 Å². The molecule has 0 aliphatic rings. The number of hydrogen-bond donors (Lipinski definition) is 3. The van der Waals surface area contributed by atoms with E-state index in [1.54, 1.807) is 6.92 Å². The topological polar surface area (TPSA) is 75.7 Å². The molecule has 4 N–H and O–H groups in total. The highest BCUT2D eigenvalue weighted by Crippen LogP contribution is 2.38. The molecule has 1 aromatic rings. The van der Waals surface area contributed by atoms with Gasteiger partial charge in [0.05, 0.1) is 24.8 Å². The van der Waals surface area contributed by atoms with Gasteiger partial charge in [0.1, 0.15) is 11.5 Å². The van der Waals surface area contributed by atoms with Crippen LogP contribution in [0.5, 0.6) is 11.5 Å². The van der Waals surface area contributed by atoms with Gasteiger partial charge in [-0.3, -0.25) is 0 Å². The molecule has 0 spiro atoms. The Labute approximate surface area is 93.2 Å². The molecule has 15 heavy (non-hydrogen) atoms. The molecule has 1 unspecified atom stereocenters. The highest BCUT2D eigenvalue weighted by atomic mass is 35.5. The van der Waals surface area contributed by atoms with Crippen LogP contribution in [0.3, 0.4) is 0 Å². The van der Waals surface area contributed by atoms with Gasteiger partial charge in [-0.05, 0) is 13.0 Å². The molecule has 0 aliphatic heterocycles. The van der Waals surface area contributed by atoms with Gasteiger partial charge in [0.15, 0.2) is 0 Å². The second kappa shape index (κ2) is 4.70. The lowest BCUT2D eigenvalue weighted by Gasteiger charge is -2.16. The van der Waals surface area contributed by atoms with Crippen LogP contribution in [-0.4, -0.2) is 23.9 Å². The maximum Gasteiger partial charge on any atom is 0.144 e. The maximum absolute atomic E-state index is 9.81. The van der Waals surface area contributed by atoms with Crippen molar-refractivity contribution in [1.82, 2.24) is 0 Å². The molecule has 1 rings (SSSR count). The average Bonchev–Trinajstić information content (AvgIpc) is 2.23. The van der Waals surface area contributed by atoms with Crippen LogP contribution in [0, 0.1) is 6.92 Å². The maximum atomic E-state index is 9.81. The third-order valence-corrected chi connectivity index (χ3v) is 2.55. The molecule has 84 valence electrons. The third kappa shape index (κ3) is 2.17. The van der Waals surface area contributed by atoms with Crippen LogP contribution in [0.1, 0.15) is 17.2 Å². The quantitative estimate of drug-likeness (QED) is 0.734. The molecule has 0 aliphatic carbocycles. The standard InChI is InChI=1S/C10H14ClNO3/c1-5-9(14)6(8(12)4-13)3-7(11)10(5)15-2/h3,8,13-14H,4,12H2,1-2H3. The number of ether oxygens (including phenoxy) is 1. The minimum atomic E-state index is -0.646. The summed E-state index contributed by atoms with van der Waals surface area (Å²) in [5, 5.41) is 19.1. The predicted octanol–water partition coefficient (Wildman–Crippen LogP) is 1.35. The van der Waals surface area contributed by atoms with E-state index in [1.165, 1.54) is 13.2 Å². The molecular weight excluding hydrogens is 218 g/mol. The van der Waals surface area contributed by atoms with E-state index >= 15 is 0 Å². The number of phenolic OH excluding ortho intramolecular Hbond substituents is 1. The minimum absolute atomic E-state index is 0.0119. The van der Waals surface area contributed by atoms with E-state index in [1.807, 2.05) is 0 Å². The van der Waals surface area contributed by atoms with Crippen LogP contribution >= 0.6 is 11.6 Å². The largest absolute Gasteiger partial charge is 0.507 e. The summed E-state index contributed by atoms with van der Waals surface area (Å²) in [5.41, 5.74) is 6.55. The molecule has 0 amide bonds. The molecule has 5 heteroatoms. The van der Waals surface area contributed by atoms with Crippen molar-refractivity contribution >= 4 is 11.6 Å².